The number of halogens is 1. The second kappa shape index (κ2) is 9.19. The Kier molecular flexibility index (Phi) is 6.41. The largest absolute Gasteiger partial charge is 0.495 e. The molecule has 0 aliphatic carbocycles. The molecule has 2 aliphatic heterocycles. The van der Waals surface area contributed by atoms with Crippen molar-refractivity contribution in [2.75, 3.05) is 13.7 Å². The minimum atomic E-state index is -0.178. The zero-order valence-corrected chi connectivity index (χ0v) is 17.8. The Morgan fingerprint density at radius 2 is 1.93 bits per heavy atom. The molecule has 2 fully saturated rings. The Labute approximate surface area is 178 Å². The number of hydrogen-bond acceptors (Lipinski definition) is 3. The molecular formula is C24H29ClN2O2. The first kappa shape index (κ1) is 20.2. The summed E-state index contributed by atoms with van der Waals surface area (Å²) in [6.45, 7) is 1.69. The lowest BCUT2D eigenvalue weighted by molar-refractivity contribution is 0.0513. The van der Waals surface area contributed by atoms with Crippen LogP contribution in [0.25, 0.3) is 0 Å². The van der Waals surface area contributed by atoms with Gasteiger partial charge in [-0.25, -0.2) is 0 Å². The number of hydrogen-bond donors (Lipinski definition) is 1. The molecule has 154 valence electrons. The SMILES string of the molecule is COc1cccc(C(=O)NCc2ccccc2C2CCCC3CCCCN32)c1Cl. The van der Waals surface area contributed by atoms with Gasteiger partial charge in [0.2, 0.25) is 0 Å². The van der Waals surface area contributed by atoms with Crippen LogP contribution in [0.3, 0.4) is 0 Å². The second-order valence-corrected chi connectivity index (χ2v) is 8.42. The number of methoxy groups -OCH3 is 1. The first-order valence-electron chi connectivity index (χ1n) is 10.6. The van der Waals surface area contributed by atoms with Gasteiger partial charge in [-0.3, -0.25) is 9.69 Å². The van der Waals surface area contributed by atoms with Gasteiger partial charge < -0.3 is 10.1 Å². The number of ether oxygens (including phenoxy) is 1. The predicted molar refractivity (Wildman–Crippen MR) is 117 cm³/mol. The summed E-state index contributed by atoms with van der Waals surface area (Å²) in [5.74, 6) is 0.334. The molecule has 0 spiro atoms. The van der Waals surface area contributed by atoms with Gasteiger partial charge in [-0.1, -0.05) is 48.4 Å². The monoisotopic (exact) mass is 412 g/mol. The summed E-state index contributed by atoms with van der Waals surface area (Å²) < 4.78 is 5.23. The minimum Gasteiger partial charge on any atom is -0.495 e. The lowest BCUT2D eigenvalue weighted by Crippen LogP contribution is -2.45. The summed E-state index contributed by atoms with van der Waals surface area (Å²) >= 11 is 6.32. The standard InChI is InChI=1S/C24H29ClN2O2/c1-29-22-14-7-12-20(23(22)25)24(28)26-16-17-8-2-3-11-19(17)21-13-6-10-18-9-4-5-15-27(18)21/h2-3,7-8,11-12,14,18,21H,4-6,9-10,13,15-16H2,1H3,(H,26,28). The second-order valence-electron chi connectivity index (χ2n) is 8.04. The van der Waals surface area contributed by atoms with Gasteiger partial charge in [-0.2, -0.15) is 0 Å². The van der Waals surface area contributed by atoms with E-state index in [0.29, 0.717) is 28.9 Å². The average molecular weight is 413 g/mol. The maximum Gasteiger partial charge on any atom is 0.253 e. The molecule has 2 saturated heterocycles. The lowest BCUT2D eigenvalue weighted by atomic mass is 9.84. The van der Waals surface area contributed by atoms with Crippen molar-refractivity contribution in [1.29, 1.82) is 0 Å². The topological polar surface area (TPSA) is 41.6 Å². The van der Waals surface area contributed by atoms with E-state index >= 15 is 0 Å². The number of nitrogens with one attached hydrogen (secondary N) is 1. The quantitative estimate of drug-likeness (QED) is 0.718. The van der Waals surface area contributed by atoms with Crippen LogP contribution in [0.2, 0.25) is 5.02 Å². The molecule has 0 radical (unpaired) electrons. The number of carbonyl (C=O) groups is 1. The first-order valence-corrected chi connectivity index (χ1v) is 11.0. The van der Waals surface area contributed by atoms with E-state index in [1.54, 1.807) is 25.3 Å². The fourth-order valence-corrected chi connectivity index (χ4v) is 5.21. The number of benzene rings is 2. The molecule has 4 rings (SSSR count). The third-order valence-electron chi connectivity index (χ3n) is 6.37. The van der Waals surface area contributed by atoms with Crippen molar-refractivity contribution in [2.45, 2.75) is 57.2 Å². The van der Waals surface area contributed by atoms with Crippen molar-refractivity contribution >= 4 is 17.5 Å². The third kappa shape index (κ3) is 4.29. The molecule has 2 aromatic carbocycles. The van der Waals surface area contributed by atoms with Gasteiger partial charge in [0.25, 0.3) is 5.91 Å². The summed E-state index contributed by atoms with van der Waals surface area (Å²) in [5.41, 5.74) is 2.99. The van der Waals surface area contributed by atoms with E-state index in [0.717, 1.165) is 6.04 Å². The molecule has 29 heavy (non-hydrogen) atoms. The zero-order valence-electron chi connectivity index (χ0n) is 17.0. The molecule has 2 unspecified atom stereocenters. The fraction of sp³-hybridized carbons (Fsp3) is 0.458. The molecule has 5 heteroatoms. The van der Waals surface area contributed by atoms with Gasteiger partial charge >= 0.3 is 0 Å². The Hall–Kier alpha value is -2.04. The number of nitrogens with zero attached hydrogens (tertiary/aromatic N) is 1. The van der Waals surface area contributed by atoms with Crippen LogP contribution < -0.4 is 10.1 Å². The van der Waals surface area contributed by atoms with Crippen LogP contribution >= 0.6 is 11.6 Å². The van der Waals surface area contributed by atoms with E-state index in [1.807, 2.05) is 0 Å². The van der Waals surface area contributed by atoms with Crippen LogP contribution in [0.1, 0.15) is 66.1 Å². The van der Waals surface area contributed by atoms with Crippen molar-refractivity contribution in [1.82, 2.24) is 10.2 Å². The Bertz CT molecular complexity index is 868. The van der Waals surface area contributed by atoms with Gasteiger partial charge in [0.05, 0.1) is 17.7 Å². The Morgan fingerprint density at radius 3 is 2.79 bits per heavy atom. The highest BCUT2D eigenvalue weighted by Gasteiger charge is 2.33. The van der Waals surface area contributed by atoms with Gasteiger partial charge in [0, 0.05) is 18.6 Å². The molecule has 1 N–H and O–H groups in total. The molecule has 0 saturated carbocycles. The predicted octanol–water partition coefficient (Wildman–Crippen LogP) is 5.36. The summed E-state index contributed by atoms with van der Waals surface area (Å²) in [5, 5.41) is 3.41. The van der Waals surface area contributed by atoms with Gasteiger partial charge in [-0.15, -0.1) is 0 Å². The van der Waals surface area contributed by atoms with Crippen LogP contribution in [0.5, 0.6) is 5.75 Å². The van der Waals surface area contributed by atoms with E-state index in [4.69, 9.17) is 16.3 Å². The number of rotatable bonds is 5. The smallest absolute Gasteiger partial charge is 0.253 e. The Morgan fingerprint density at radius 1 is 1.10 bits per heavy atom. The summed E-state index contributed by atoms with van der Waals surface area (Å²) in [6, 6.07) is 15.0. The fourth-order valence-electron chi connectivity index (χ4n) is 4.92. The molecule has 0 aromatic heterocycles. The number of carbonyl (C=O) groups excluding carboxylic acids is 1. The molecule has 0 bridgehead atoms. The minimum absolute atomic E-state index is 0.178. The van der Waals surface area contributed by atoms with Crippen molar-refractivity contribution in [2.24, 2.45) is 0 Å². The zero-order chi connectivity index (χ0) is 20.2. The van der Waals surface area contributed by atoms with Gasteiger partial charge in [0.15, 0.2) is 0 Å². The molecule has 2 aromatic rings. The van der Waals surface area contributed by atoms with Gasteiger partial charge in [-0.05, 0) is 61.9 Å². The highest BCUT2D eigenvalue weighted by Crippen LogP contribution is 2.39. The van der Waals surface area contributed by atoms with Crippen LogP contribution in [0.4, 0.5) is 0 Å². The van der Waals surface area contributed by atoms with E-state index in [-0.39, 0.29) is 5.91 Å². The molecule has 2 atom stereocenters. The summed E-state index contributed by atoms with van der Waals surface area (Å²) in [4.78, 5) is 15.5. The van der Waals surface area contributed by atoms with Crippen molar-refractivity contribution < 1.29 is 9.53 Å². The van der Waals surface area contributed by atoms with E-state index in [2.05, 4.69) is 34.5 Å². The van der Waals surface area contributed by atoms with Crippen LogP contribution in [0.15, 0.2) is 42.5 Å². The van der Waals surface area contributed by atoms with E-state index in [1.165, 1.54) is 56.2 Å². The average Bonchev–Trinajstić information content (AvgIpc) is 2.77. The normalized spacial score (nSPS) is 22.0. The molecule has 1 amide bonds. The maximum atomic E-state index is 12.8. The summed E-state index contributed by atoms with van der Waals surface area (Å²) in [7, 11) is 1.55. The number of piperidine rings is 2. The number of amides is 1. The molecular weight excluding hydrogens is 384 g/mol. The van der Waals surface area contributed by atoms with Crippen molar-refractivity contribution in [3.63, 3.8) is 0 Å². The van der Waals surface area contributed by atoms with E-state index in [9.17, 15) is 4.79 Å². The van der Waals surface area contributed by atoms with Crippen LogP contribution in [-0.4, -0.2) is 30.5 Å². The molecule has 4 nitrogen and oxygen atoms in total. The highest BCUT2D eigenvalue weighted by atomic mass is 35.5. The maximum absolute atomic E-state index is 12.8. The lowest BCUT2D eigenvalue weighted by Gasteiger charge is -2.45. The Balaban J connectivity index is 1.51. The van der Waals surface area contributed by atoms with Gasteiger partial charge in [0.1, 0.15) is 5.75 Å². The summed E-state index contributed by atoms with van der Waals surface area (Å²) in [6.07, 6.45) is 7.77. The van der Waals surface area contributed by atoms with Crippen molar-refractivity contribution in [3.05, 3.63) is 64.2 Å². The third-order valence-corrected chi connectivity index (χ3v) is 6.76. The first-order chi connectivity index (χ1) is 14.2. The van der Waals surface area contributed by atoms with Crippen LogP contribution in [0, 0.1) is 0 Å². The highest BCUT2D eigenvalue weighted by molar-refractivity contribution is 6.35. The molecule has 2 aliphatic rings. The molecule has 2 heterocycles. The van der Waals surface area contributed by atoms with E-state index < -0.39 is 0 Å². The van der Waals surface area contributed by atoms with Crippen LogP contribution in [-0.2, 0) is 6.54 Å². The van der Waals surface area contributed by atoms with Crippen molar-refractivity contribution in [3.8, 4) is 5.75 Å². The number of fused-ring (bicyclic) bond motifs is 1.